The molecule has 6 heteroatoms. The molecule has 0 saturated heterocycles. The van der Waals surface area contributed by atoms with Crippen molar-refractivity contribution in [3.63, 3.8) is 0 Å². The normalized spacial score (nSPS) is 12.5. The van der Waals surface area contributed by atoms with Gasteiger partial charge in [-0.2, -0.15) is 0 Å². The molecule has 0 fully saturated rings. The summed E-state index contributed by atoms with van der Waals surface area (Å²) in [5.74, 6) is -0.904. The lowest BCUT2D eigenvalue weighted by Crippen LogP contribution is -2.30. The van der Waals surface area contributed by atoms with Crippen molar-refractivity contribution in [3.05, 3.63) is 60.8 Å². The van der Waals surface area contributed by atoms with Crippen LogP contribution >= 0.6 is 0 Å². The minimum Gasteiger partial charge on any atom is -0.462 e. The lowest BCUT2D eigenvalue weighted by Gasteiger charge is -2.18. The molecule has 68 heavy (non-hydrogen) atoms. The molecule has 0 spiro atoms. The molecule has 0 aromatic carbocycles. The SMILES string of the molecule is CC/C=C\C/C=C\C/C=C\C/C=C\CCCCCCC(=O)OC(COC(=O)CCCCCCC/C=C\CCCCCCC)COC(=O)CCCCCCCCCCCCCCCCCCCCC. The molecule has 0 aliphatic heterocycles. The summed E-state index contributed by atoms with van der Waals surface area (Å²) in [6.07, 6.45) is 70.7. The Morgan fingerprint density at radius 1 is 0.309 bits per heavy atom. The summed E-state index contributed by atoms with van der Waals surface area (Å²) in [6, 6.07) is 0. The van der Waals surface area contributed by atoms with Gasteiger partial charge in [0.1, 0.15) is 13.2 Å². The number of rotatable bonds is 53. The third kappa shape index (κ3) is 54.1. The summed E-state index contributed by atoms with van der Waals surface area (Å²) < 4.78 is 16.9. The average molecular weight is 952 g/mol. The number of ether oxygens (including phenoxy) is 3. The van der Waals surface area contributed by atoms with E-state index in [0.717, 1.165) is 103 Å². The summed E-state index contributed by atoms with van der Waals surface area (Å²) in [7, 11) is 0. The molecule has 1 unspecified atom stereocenters. The minimum absolute atomic E-state index is 0.0842. The second-order valence-electron chi connectivity index (χ2n) is 19.5. The number of hydrogen-bond acceptors (Lipinski definition) is 6. The first-order chi connectivity index (χ1) is 33.5. The van der Waals surface area contributed by atoms with E-state index in [9.17, 15) is 14.4 Å². The first-order valence-electron chi connectivity index (χ1n) is 29.3. The zero-order valence-corrected chi connectivity index (χ0v) is 45.1. The standard InChI is InChI=1S/C62H110O6/c1-4-7-10-13-16-19-22-25-28-30-31-33-34-37-40-43-46-49-52-55-61(64)67-58-59(57-66-60(63)54-51-48-45-42-39-36-27-24-21-18-15-12-9-6-3)68-62(65)56-53-50-47-44-41-38-35-32-29-26-23-20-17-14-11-8-5-2/h8,11,17,20,24,26-27,29,35,38,59H,4-7,9-10,12-16,18-19,21-23,25,28,30-34,36-37,39-58H2,1-3H3/b11-8-,20-17-,27-24-,29-26-,38-35-. The predicted molar refractivity (Wildman–Crippen MR) is 293 cm³/mol. The van der Waals surface area contributed by atoms with E-state index in [4.69, 9.17) is 14.2 Å². The topological polar surface area (TPSA) is 78.9 Å². The predicted octanol–water partition coefficient (Wildman–Crippen LogP) is 19.6. The van der Waals surface area contributed by atoms with Crippen molar-refractivity contribution in [1.29, 1.82) is 0 Å². The Hall–Kier alpha value is -2.89. The zero-order chi connectivity index (χ0) is 49.3. The van der Waals surface area contributed by atoms with Crippen molar-refractivity contribution < 1.29 is 28.6 Å². The summed E-state index contributed by atoms with van der Waals surface area (Å²) in [6.45, 7) is 6.52. The van der Waals surface area contributed by atoms with E-state index >= 15 is 0 Å². The second-order valence-corrected chi connectivity index (χ2v) is 19.5. The number of hydrogen-bond donors (Lipinski definition) is 0. The molecule has 394 valence electrons. The molecular weight excluding hydrogens is 841 g/mol. The smallest absolute Gasteiger partial charge is 0.306 e. The van der Waals surface area contributed by atoms with Gasteiger partial charge in [0, 0.05) is 19.3 Å². The maximum Gasteiger partial charge on any atom is 0.306 e. The Morgan fingerprint density at radius 3 is 0.912 bits per heavy atom. The van der Waals surface area contributed by atoms with E-state index in [1.165, 1.54) is 154 Å². The number of carbonyl (C=O) groups excluding carboxylic acids is 3. The highest BCUT2D eigenvalue weighted by Gasteiger charge is 2.19. The lowest BCUT2D eigenvalue weighted by atomic mass is 10.0. The fourth-order valence-electron chi connectivity index (χ4n) is 8.37. The molecule has 0 radical (unpaired) electrons. The molecule has 0 saturated carbocycles. The number of esters is 3. The molecule has 0 aromatic heterocycles. The fourth-order valence-corrected chi connectivity index (χ4v) is 8.37. The van der Waals surface area contributed by atoms with Gasteiger partial charge in [0.15, 0.2) is 6.10 Å². The van der Waals surface area contributed by atoms with E-state index in [2.05, 4.69) is 81.5 Å². The van der Waals surface area contributed by atoms with Crippen LogP contribution in [0.15, 0.2) is 60.8 Å². The molecule has 0 aliphatic rings. The van der Waals surface area contributed by atoms with Crippen LogP contribution < -0.4 is 0 Å². The fraction of sp³-hybridized carbons (Fsp3) is 0.790. The molecule has 0 bridgehead atoms. The Bertz CT molecular complexity index is 1230. The molecule has 0 aromatic rings. The molecule has 6 nitrogen and oxygen atoms in total. The quantitative estimate of drug-likeness (QED) is 0.0262. The Balaban J connectivity index is 4.38. The molecule has 0 aliphatic carbocycles. The van der Waals surface area contributed by atoms with E-state index < -0.39 is 6.10 Å². The van der Waals surface area contributed by atoms with Crippen LogP contribution in [0.1, 0.15) is 297 Å². The van der Waals surface area contributed by atoms with Crippen LogP contribution in [0.3, 0.4) is 0 Å². The van der Waals surface area contributed by atoms with Gasteiger partial charge in [-0.1, -0.05) is 255 Å². The van der Waals surface area contributed by atoms with Crippen LogP contribution in [0.5, 0.6) is 0 Å². The largest absolute Gasteiger partial charge is 0.462 e. The van der Waals surface area contributed by atoms with Gasteiger partial charge in [-0.15, -0.1) is 0 Å². The molecule has 0 N–H and O–H groups in total. The van der Waals surface area contributed by atoms with Crippen molar-refractivity contribution in [3.8, 4) is 0 Å². The van der Waals surface area contributed by atoms with E-state index in [1.54, 1.807) is 0 Å². The highest BCUT2D eigenvalue weighted by atomic mass is 16.6. The Kier molecular flexibility index (Phi) is 54.3. The molecule has 1 atom stereocenters. The zero-order valence-electron chi connectivity index (χ0n) is 45.1. The van der Waals surface area contributed by atoms with Crippen molar-refractivity contribution in [2.75, 3.05) is 13.2 Å². The van der Waals surface area contributed by atoms with Gasteiger partial charge in [-0.25, -0.2) is 0 Å². The van der Waals surface area contributed by atoms with Crippen LogP contribution in [0.25, 0.3) is 0 Å². The monoisotopic (exact) mass is 951 g/mol. The molecular formula is C62H110O6. The maximum atomic E-state index is 12.9. The van der Waals surface area contributed by atoms with E-state index in [-0.39, 0.29) is 31.1 Å². The molecule has 0 heterocycles. The van der Waals surface area contributed by atoms with Gasteiger partial charge in [0.2, 0.25) is 0 Å². The van der Waals surface area contributed by atoms with Crippen molar-refractivity contribution >= 4 is 17.9 Å². The summed E-state index contributed by atoms with van der Waals surface area (Å²) in [5.41, 5.74) is 0. The van der Waals surface area contributed by atoms with Gasteiger partial charge in [0.05, 0.1) is 0 Å². The maximum absolute atomic E-state index is 12.9. The van der Waals surface area contributed by atoms with E-state index in [1.807, 2.05) is 0 Å². The first-order valence-corrected chi connectivity index (χ1v) is 29.3. The van der Waals surface area contributed by atoms with Gasteiger partial charge in [-0.3, -0.25) is 14.4 Å². The minimum atomic E-state index is -0.789. The second kappa shape index (κ2) is 56.7. The van der Waals surface area contributed by atoms with Crippen LogP contribution in [-0.4, -0.2) is 37.2 Å². The highest BCUT2D eigenvalue weighted by molar-refractivity contribution is 5.71. The molecule has 0 rings (SSSR count). The lowest BCUT2D eigenvalue weighted by molar-refractivity contribution is -0.167. The third-order valence-corrected chi connectivity index (χ3v) is 12.8. The number of allylic oxidation sites excluding steroid dienone is 10. The van der Waals surface area contributed by atoms with Crippen molar-refractivity contribution in [2.24, 2.45) is 0 Å². The van der Waals surface area contributed by atoms with Crippen LogP contribution in [0.4, 0.5) is 0 Å². The van der Waals surface area contributed by atoms with Crippen LogP contribution in [0, 0.1) is 0 Å². The van der Waals surface area contributed by atoms with Crippen LogP contribution in [0.2, 0.25) is 0 Å². The first kappa shape index (κ1) is 65.1. The van der Waals surface area contributed by atoms with Gasteiger partial charge < -0.3 is 14.2 Å². The van der Waals surface area contributed by atoms with Crippen LogP contribution in [-0.2, 0) is 28.6 Å². The van der Waals surface area contributed by atoms with Gasteiger partial charge in [0.25, 0.3) is 0 Å². The summed E-state index contributed by atoms with van der Waals surface area (Å²) in [4.78, 5) is 38.2. The van der Waals surface area contributed by atoms with E-state index in [0.29, 0.717) is 19.3 Å². The number of unbranched alkanes of at least 4 members (excludes halogenated alkanes) is 32. The number of carbonyl (C=O) groups is 3. The highest BCUT2D eigenvalue weighted by Crippen LogP contribution is 2.16. The van der Waals surface area contributed by atoms with Gasteiger partial charge in [-0.05, 0) is 83.5 Å². The average Bonchev–Trinajstić information content (AvgIpc) is 3.34. The Labute approximate surface area is 421 Å². The van der Waals surface area contributed by atoms with Gasteiger partial charge >= 0.3 is 17.9 Å². The summed E-state index contributed by atoms with van der Waals surface area (Å²) in [5, 5.41) is 0. The summed E-state index contributed by atoms with van der Waals surface area (Å²) >= 11 is 0. The van der Waals surface area contributed by atoms with Crippen molar-refractivity contribution in [2.45, 2.75) is 303 Å². The Morgan fingerprint density at radius 2 is 0.574 bits per heavy atom. The third-order valence-electron chi connectivity index (χ3n) is 12.8. The van der Waals surface area contributed by atoms with Crippen molar-refractivity contribution in [1.82, 2.24) is 0 Å². The molecule has 0 amide bonds.